The molecule has 0 amide bonds. The van der Waals surface area contributed by atoms with E-state index in [9.17, 15) is 0 Å². The highest BCUT2D eigenvalue weighted by Gasteiger charge is 2.68. The van der Waals surface area contributed by atoms with Gasteiger partial charge in [0.15, 0.2) is 0 Å². The molecule has 0 aromatic heterocycles. The molecule has 1 aliphatic heterocycles. The summed E-state index contributed by atoms with van der Waals surface area (Å²) in [7, 11) is -0.204. The van der Waals surface area contributed by atoms with Crippen LogP contribution in [0, 0.1) is 17.3 Å². The van der Waals surface area contributed by atoms with Crippen molar-refractivity contribution in [3.05, 3.63) is 0 Å². The smallest absolute Gasteiger partial charge is 0.404 e. The lowest BCUT2D eigenvalue weighted by atomic mass is 9.43. The molecule has 0 spiro atoms. The molecule has 0 radical (unpaired) electrons. The molecule has 0 aromatic rings. The van der Waals surface area contributed by atoms with Gasteiger partial charge in [0.1, 0.15) is 0 Å². The van der Waals surface area contributed by atoms with E-state index < -0.39 is 0 Å². The summed E-state index contributed by atoms with van der Waals surface area (Å²) >= 11 is 3.45. The van der Waals surface area contributed by atoms with E-state index in [4.69, 9.17) is 15.0 Å². The van der Waals surface area contributed by atoms with Gasteiger partial charge in [-0.1, -0.05) is 29.8 Å². The highest BCUT2D eigenvalue weighted by atomic mass is 79.9. The van der Waals surface area contributed by atoms with Gasteiger partial charge >= 0.3 is 7.12 Å². The van der Waals surface area contributed by atoms with E-state index in [1.165, 1.54) is 6.42 Å². The first kappa shape index (κ1) is 17.1. The van der Waals surface area contributed by atoms with Crippen molar-refractivity contribution in [1.29, 1.82) is 0 Å². The normalized spacial score (nSPS) is 42.5. The van der Waals surface area contributed by atoms with E-state index in [-0.39, 0.29) is 37.2 Å². The van der Waals surface area contributed by atoms with E-state index in [2.05, 4.69) is 36.7 Å². The van der Waals surface area contributed by atoms with Crippen LogP contribution in [-0.2, 0) is 9.31 Å². The van der Waals surface area contributed by atoms with Crippen molar-refractivity contribution in [2.75, 3.05) is 5.33 Å². The molecule has 6 heteroatoms. The molecule has 3 saturated carbocycles. The minimum atomic E-state index is -0.204. The Bertz CT molecular complexity index is 373. The molecule has 3 aliphatic carbocycles. The van der Waals surface area contributed by atoms with Crippen molar-refractivity contribution in [1.82, 2.24) is 0 Å². The van der Waals surface area contributed by atoms with Crippen LogP contribution in [0.3, 0.4) is 0 Å². The average Bonchev–Trinajstić information content (AvgIpc) is 2.72. The fraction of sp³-hybridized carbons (Fsp3) is 1.00. The number of halogens is 2. The molecule has 5 atom stereocenters. The van der Waals surface area contributed by atoms with Crippen molar-refractivity contribution in [3.63, 3.8) is 0 Å². The topological polar surface area (TPSA) is 44.5 Å². The van der Waals surface area contributed by atoms with Crippen LogP contribution in [0.4, 0.5) is 0 Å². The molecular weight excluding hydrogens is 340 g/mol. The van der Waals surface area contributed by atoms with Crippen LogP contribution >= 0.6 is 28.3 Å². The summed E-state index contributed by atoms with van der Waals surface area (Å²) < 4.78 is 12.5. The lowest BCUT2D eigenvalue weighted by Gasteiger charge is -2.64. The van der Waals surface area contributed by atoms with E-state index in [1.807, 2.05) is 0 Å². The maximum absolute atomic E-state index is 6.33. The first-order valence-corrected chi connectivity index (χ1v) is 8.66. The number of hydrogen-bond donors (Lipinski definition) is 1. The molecule has 4 rings (SSSR count). The van der Waals surface area contributed by atoms with Crippen molar-refractivity contribution in [2.24, 2.45) is 23.0 Å². The molecule has 4 aliphatic rings. The third kappa shape index (κ3) is 2.38. The van der Waals surface area contributed by atoms with Crippen LogP contribution < -0.4 is 5.73 Å². The van der Waals surface area contributed by atoms with Gasteiger partial charge in [-0.3, -0.25) is 0 Å². The van der Waals surface area contributed by atoms with Gasteiger partial charge in [0.25, 0.3) is 0 Å². The van der Waals surface area contributed by atoms with Gasteiger partial charge in [-0.2, -0.15) is 0 Å². The highest BCUT2D eigenvalue weighted by Crippen LogP contribution is 2.65. The van der Waals surface area contributed by atoms with Crippen LogP contribution in [0.1, 0.15) is 46.5 Å². The summed E-state index contributed by atoms with van der Waals surface area (Å²) in [6.07, 6.45) is 4.72. The summed E-state index contributed by atoms with van der Waals surface area (Å²) in [6, 6.07) is 0. The van der Waals surface area contributed by atoms with E-state index in [0.29, 0.717) is 11.3 Å². The summed E-state index contributed by atoms with van der Waals surface area (Å²) in [4.78, 5) is 0. The van der Waals surface area contributed by atoms with Crippen LogP contribution in [0.5, 0.6) is 0 Å². The summed E-state index contributed by atoms with van der Waals surface area (Å²) in [6.45, 7) is 7.01. The Morgan fingerprint density at radius 2 is 2.05 bits per heavy atom. The van der Waals surface area contributed by atoms with Gasteiger partial charge in [-0.15, -0.1) is 12.4 Å². The minimum absolute atomic E-state index is 0. The standard InChI is InChI=1S/C14H25BBrNO2.ClH/c1-13(2)9-7-10(13)14(3)11(8-9)18-15(19-14)12(17)5-4-6-16;/h9-12H,4-8,17H2,1-3H3;1H. The predicted octanol–water partition coefficient (Wildman–Crippen LogP) is 3.18. The van der Waals surface area contributed by atoms with Gasteiger partial charge in [0, 0.05) is 11.3 Å². The SMILES string of the molecule is CC1(C)C2CC3OB(C(N)CCCBr)OC3(C)C1C2.Cl. The maximum atomic E-state index is 6.33. The Balaban J connectivity index is 0.00000147. The van der Waals surface area contributed by atoms with Gasteiger partial charge < -0.3 is 15.0 Å². The molecule has 1 saturated heterocycles. The summed E-state index contributed by atoms with van der Waals surface area (Å²) in [5.74, 6) is 1.43. The zero-order valence-corrected chi connectivity index (χ0v) is 15.0. The molecule has 116 valence electrons. The summed E-state index contributed by atoms with van der Waals surface area (Å²) in [5.41, 5.74) is 6.52. The number of nitrogens with two attached hydrogens (primary N) is 1. The second-order valence-corrected chi connectivity index (χ2v) is 8.13. The van der Waals surface area contributed by atoms with Crippen LogP contribution in [-0.4, -0.2) is 30.1 Å². The average molecular weight is 367 g/mol. The van der Waals surface area contributed by atoms with E-state index in [1.54, 1.807) is 0 Å². The molecule has 1 heterocycles. The molecule has 20 heavy (non-hydrogen) atoms. The van der Waals surface area contributed by atoms with Gasteiger partial charge in [0.05, 0.1) is 11.7 Å². The molecule has 2 bridgehead atoms. The Labute approximate surface area is 137 Å². The van der Waals surface area contributed by atoms with E-state index in [0.717, 1.165) is 30.5 Å². The Morgan fingerprint density at radius 3 is 2.65 bits per heavy atom. The molecule has 0 aromatic carbocycles. The van der Waals surface area contributed by atoms with Crippen molar-refractivity contribution >= 4 is 35.5 Å². The number of alkyl halides is 1. The van der Waals surface area contributed by atoms with Crippen LogP contribution in [0.25, 0.3) is 0 Å². The molecule has 5 unspecified atom stereocenters. The van der Waals surface area contributed by atoms with Crippen molar-refractivity contribution < 1.29 is 9.31 Å². The summed E-state index contributed by atoms with van der Waals surface area (Å²) in [5, 5.41) is 0.992. The largest absolute Gasteiger partial charge is 0.475 e. The Hall–Kier alpha value is 0.715. The molecule has 4 fully saturated rings. The van der Waals surface area contributed by atoms with E-state index >= 15 is 0 Å². The number of rotatable bonds is 4. The number of hydrogen-bond acceptors (Lipinski definition) is 3. The maximum Gasteiger partial charge on any atom is 0.475 e. The third-order valence-corrected chi connectivity index (χ3v) is 6.55. The van der Waals surface area contributed by atoms with Crippen molar-refractivity contribution in [2.45, 2.75) is 64.1 Å². The highest BCUT2D eigenvalue weighted by molar-refractivity contribution is 9.09. The Kier molecular flexibility index (Phi) is 4.89. The first-order valence-electron chi connectivity index (χ1n) is 7.54. The third-order valence-electron chi connectivity index (χ3n) is 5.99. The first-order chi connectivity index (χ1) is 8.89. The van der Waals surface area contributed by atoms with Gasteiger partial charge in [0.2, 0.25) is 0 Å². The zero-order valence-electron chi connectivity index (χ0n) is 12.6. The fourth-order valence-corrected chi connectivity index (χ4v) is 4.86. The zero-order chi connectivity index (χ0) is 13.8. The monoisotopic (exact) mass is 365 g/mol. The van der Waals surface area contributed by atoms with Crippen LogP contribution in [0.2, 0.25) is 0 Å². The predicted molar refractivity (Wildman–Crippen MR) is 88.4 cm³/mol. The van der Waals surface area contributed by atoms with Gasteiger partial charge in [-0.05, 0) is 49.9 Å². The lowest BCUT2D eigenvalue weighted by molar-refractivity contribution is -0.199. The molecule has 2 N–H and O–H groups in total. The fourth-order valence-electron chi connectivity index (χ4n) is 4.53. The second-order valence-electron chi connectivity index (χ2n) is 7.33. The minimum Gasteiger partial charge on any atom is -0.404 e. The van der Waals surface area contributed by atoms with Crippen molar-refractivity contribution in [3.8, 4) is 0 Å². The Morgan fingerprint density at radius 1 is 1.35 bits per heavy atom. The quantitative estimate of drug-likeness (QED) is 0.614. The van der Waals surface area contributed by atoms with Gasteiger partial charge in [-0.25, -0.2) is 0 Å². The van der Waals surface area contributed by atoms with Crippen LogP contribution in [0.15, 0.2) is 0 Å². The second kappa shape index (κ2) is 5.73. The lowest BCUT2D eigenvalue weighted by Crippen LogP contribution is -2.65. The molecule has 3 nitrogen and oxygen atoms in total. The molecular formula is C14H26BBrClNO2.